The van der Waals surface area contributed by atoms with E-state index in [2.05, 4.69) is 16.0 Å². The highest BCUT2D eigenvalue weighted by atomic mass is 16.4. The van der Waals surface area contributed by atoms with E-state index in [1.165, 1.54) is 0 Å². The minimum atomic E-state index is -1.14. The van der Waals surface area contributed by atoms with Crippen LogP contribution in [0, 0.1) is 0 Å². The first-order valence-corrected chi connectivity index (χ1v) is 6.13. The van der Waals surface area contributed by atoms with Gasteiger partial charge in [-0.3, -0.25) is 4.79 Å². The van der Waals surface area contributed by atoms with Gasteiger partial charge in [0.25, 0.3) is 0 Å². The summed E-state index contributed by atoms with van der Waals surface area (Å²) < 4.78 is 0. The Morgan fingerprint density at radius 2 is 2.06 bits per heavy atom. The molecule has 2 fully saturated rings. The van der Waals surface area contributed by atoms with E-state index >= 15 is 0 Å². The maximum atomic E-state index is 11.7. The van der Waals surface area contributed by atoms with Gasteiger partial charge in [0.05, 0.1) is 0 Å². The van der Waals surface area contributed by atoms with Crippen molar-refractivity contribution in [2.24, 2.45) is 0 Å². The maximum Gasteiger partial charge on any atom is 0.329 e. The molecule has 1 saturated heterocycles. The van der Waals surface area contributed by atoms with E-state index in [9.17, 15) is 14.4 Å². The Hall–Kier alpha value is -1.79. The summed E-state index contributed by atoms with van der Waals surface area (Å²) in [5.41, 5.74) is -1.14. The molecule has 0 aromatic carbocycles. The second-order valence-electron chi connectivity index (χ2n) is 4.83. The molecule has 1 aliphatic carbocycles. The zero-order valence-electron chi connectivity index (χ0n) is 9.99. The predicted molar refractivity (Wildman–Crippen MR) is 61.9 cm³/mol. The van der Waals surface area contributed by atoms with Gasteiger partial charge >= 0.3 is 12.0 Å². The van der Waals surface area contributed by atoms with Crippen LogP contribution in [0.3, 0.4) is 0 Å². The number of hydrogen-bond acceptors (Lipinski definition) is 3. The lowest BCUT2D eigenvalue weighted by Gasteiger charge is -2.38. The first kappa shape index (κ1) is 12.7. The van der Waals surface area contributed by atoms with Gasteiger partial charge in [-0.1, -0.05) is 0 Å². The fourth-order valence-electron chi connectivity index (χ4n) is 2.24. The molecule has 0 radical (unpaired) electrons. The van der Waals surface area contributed by atoms with Crippen LogP contribution in [-0.2, 0) is 9.59 Å². The summed E-state index contributed by atoms with van der Waals surface area (Å²) in [5.74, 6) is -1.23. The maximum absolute atomic E-state index is 11.7. The average molecular weight is 255 g/mol. The molecule has 1 aliphatic heterocycles. The van der Waals surface area contributed by atoms with E-state index in [4.69, 9.17) is 5.11 Å². The minimum absolute atomic E-state index is 0.214. The molecule has 0 aromatic heterocycles. The van der Waals surface area contributed by atoms with E-state index in [0.717, 1.165) is 12.8 Å². The van der Waals surface area contributed by atoms with Gasteiger partial charge in [-0.2, -0.15) is 0 Å². The number of amides is 3. The molecule has 1 saturated carbocycles. The van der Waals surface area contributed by atoms with E-state index in [-0.39, 0.29) is 5.91 Å². The highest BCUT2D eigenvalue weighted by Gasteiger charge is 2.46. The highest BCUT2D eigenvalue weighted by Crippen LogP contribution is 2.31. The number of nitrogens with one attached hydrogen (secondary N) is 3. The summed E-state index contributed by atoms with van der Waals surface area (Å²) in [6.45, 7) is 0.623. The average Bonchev–Trinajstić information content (AvgIpc) is 2.26. The summed E-state index contributed by atoms with van der Waals surface area (Å²) in [6.07, 6.45) is 3.05. The van der Waals surface area contributed by atoms with Crippen LogP contribution in [0.2, 0.25) is 0 Å². The monoisotopic (exact) mass is 255 g/mol. The molecular weight excluding hydrogens is 238 g/mol. The fraction of sp³-hybridized carbons (Fsp3) is 0.727. The summed E-state index contributed by atoms with van der Waals surface area (Å²) in [6, 6.07) is -1.15. The molecule has 0 bridgehead atoms. The Bertz CT molecular complexity index is 378. The molecule has 7 nitrogen and oxygen atoms in total. The van der Waals surface area contributed by atoms with Gasteiger partial charge in [0, 0.05) is 6.54 Å². The van der Waals surface area contributed by atoms with Crippen LogP contribution < -0.4 is 16.0 Å². The Morgan fingerprint density at radius 1 is 1.33 bits per heavy atom. The van der Waals surface area contributed by atoms with Crippen molar-refractivity contribution in [2.45, 2.75) is 43.7 Å². The molecule has 18 heavy (non-hydrogen) atoms. The smallest absolute Gasteiger partial charge is 0.329 e. The number of carbonyl (C=O) groups excluding carboxylic acids is 2. The van der Waals surface area contributed by atoms with Gasteiger partial charge in [-0.15, -0.1) is 0 Å². The van der Waals surface area contributed by atoms with Crippen molar-refractivity contribution in [1.82, 2.24) is 16.0 Å². The SMILES string of the molecule is O=C(NC1CCCNC1=O)NC1(C(=O)O)CCC1. The molecule has 1 atom stereocenters. The van der Waals surface area contributed by atoms with Crippen molar-refractivity contribution in [1.29, 1.82) is 0 Å². The largest absolute Gasteiger partial charge is 0.480 e. The van der Waals surface area contributed by atoms with Crippen LogP contribution in [0.5, 0.6) is 0 Å². The van der Waals surface area contributed by atoms with E-state index in [1.807, 2.05) is 0 Å². The number of carboxylic acid groups (broad SMARTS) is 1. The summed E-state index contributed by atoms with van der Waals surface area (Å²) >= 11 is 0. The predicted octanol–water partition coefficient (Wildman–Crippen LogP) is -0.428. The second kappa shape index (κ2) is 4.83. The van der Waals surface area contributed by atoms with E-state index in [0.29, 0.717) is 25.8 Å². The molecule has 1 unspecified atom stereocenters. The van der Waals surface area contributed by atoms with Crippen molar-refractivity contribution in [2.75, 3.05) is 6.54 Å². The number of hydrogen-bond donors (Lipinski definition) is 4. The lowest BCUT2D eigenvalue weighted by Crippen LogP contribution is -2.63. The van der Waals surface area contributed by atoms with Gasteiger partial charge in [0.2, 0.25) is 5.91 Å². The molecule has 3 amide bonds. The Balaban J connectivity index is 1.88. The normalized spacial score (nSPS) is 25.6. The Labute approximate surface area is 104 Å². The molecule has 7 heteroatoms. The molecule has 2 aliphatic rings. The van der Waals surface area contributed by atoms with Crippen LogP contribution >= 0.6 is 0 Å². The van der Waals surface area contributed by atoms with Gasteiger partial charge < -0.3 is 21.1 Å². The third kappa shape index (κ3) is 2.39. The molecule has 4 N–H and O–H groups in total. The van der Waals surface area contributed by atoms with Crippen LogP contribution in [-0.4, -0.2) is 41.1 Å². The quantitative estimate of drug-likeness (QED) is 0.549. The van der Waals surface area contributed by atoms with Crippen LogP contribution in [0.1, 0.15) is 32.1 Å². The standard InChI is InChI=1S/C11H17N3O4/c15-8-7(3-1-6-12-8)13-10(18)14-11(9(16)17)4-2-5-11/h7H,1-6H2,(H,12,15)(H,16,17)(H2,13,14,18). The topological polar surface area (TPSA) is 108 Å². The summed E-state index contributed by atoms with van der Waals surface area (Å²) in [7, 11) is 0. The lowest BCUT2D eigenvalue weighted by molar-refractivity contribution is -0.148. The first-order chi connectivity index (χ1) is 8.53. The molecular formula is C11H17N3O4. The Morgan fingerprint density at radius 3 is 2.56 bits per heavy atom. The third-order valence-corrected chi connectivity index (χ3v) is 3.56. The second-order valence-corrected chi connectivity index (χ2v) is 4.83. The first-order valence-electron chi connectivity index (χ1n) is 6.13. The van der Waals surface area contributed by atoms with Crippen LogP contribution in [0.25, 0.3) is 0 Å². The van der Waals surface area contributed by atoms with Crippen molar-refractivity contribution in [3.8, 4) is 0 Å². The number of piperidine rings is 1. The van der Waals surface area contributed by atoms with Crippen molar-refractivity contribution < 1.29 is 19.5 Å². The van der Waals surface area contributed by atoms with Crippen LogP contribution in [0.4, 0.5) is 4.79 Å². The lowest BCUT2D eigenvalue weighted by atomic mass is 9.77. The number of rotatable bonds is 3. The van der Waals surface area contributed by atoms with Gasteiger partial charge in [0.1, 0.15) is 11.6 Å². The molecule has 100 valence electrons. The van der Waals surface area contributed by atoms with Crippen LogP contribution in [0.15, 0.2) is 0 Å². The fourth-order valence-corrected chi connectivity index (χ4v) is 2.24. The van der Waals surface area contributed by atoms with Crippen molar-refractivity contribution >= 4 is 17.9 Å². The minimum Gasteiger partial charge on any atom is -0.480 e. The van der Waals surface area contributed by atoms with Crippen molar-refractivity contribution in [3.05, 3.63) is 0 Å². The Kier molecular flexibility index (Phi) is 3.40. The molecule has 1 heterocycles. The highest BCUT2D eigenvalue weighted by molar-refractivity contribution is 5.90. The number of urea groups is 1. The zero-order chi connectivity index (χ0) is 13.2. The molecule has 0 spiro atoms. The van der Waals surface area contributed by atoms with E-state index in [1.54, 1.807) is 0 Å². The van der Waals surface area contributed by atoms with Gasteiger partial charge in [-0.05, 0) is 32.1 Å². The number of carboxylic acids is 1. The molecule has 0 aromatic rings. The van der Waals surface area contributed by atoms with Crippen molar-refractivity contribution in [3.63, 3.8) is 0 Å². The summed E-state index contributed by atoms with van der Waals surface area (Å²) in [4.78, 5) is 34.2. The number of aliphatic carboxylic acids is 1. The molecule has 2 rings (SSSR count). The van der Waals surface area contributed by atoms with E-state index < -0.39 is 23.6 Å². The number of carbonyl (C=O) groups is 3. The summed E-state index contributed by atoms with van der Waals surface area (Å²) in [5, 5.41) is 16.7. The van der Waals surface area contributed by atoms with Gasteiger partial charge in [0.15, 0.2) is 0 Å². The van der Waals surface area contributed by atoms with Gasteiger partial charge in [-0.25, -0.2) is 9.59 Å². The zero-order valence-corrected chi connectivity index (χ0v) is 9.99. The third-order valence-electron chi connectivity index (χ3n) is 3.56.